The Morgan fingerprint density at radius 3 is 1.53 bits per heavy atom. The lowest BCUT2D eigenvalue weighted by atomic mass is 9.62. The number of hydrogen-bond donors (Lipinski definition) is 3. The van der Waals surface area contributed by atoms with Crippen LogP contribution in [0.5, 0.6) is 0 Å². The SMILES string of the molecule is CCCC1(C(=O)c2cccc(C)c2)CCC1.CCCCC(F)(F)C(O)c1ccc(C)cc1.CCCCCC(O)(c1ccc(C)cc1)C(F)(F)F.Cc1ccc(C(=O)CCCC(C)(C)C)cc1.Cc1ccc(CO)cc1. The Hall–Kier alpha value is -5.03. The molecule has 0 saturated heterocycles. The summed E-state index contributed by atoms with van der Waals surface area (Å²) in [6.07, 6.45) is 4.43. The molecule has 6 rings (SSSR count). The molecule has 0 bridgehead atoms. The van der Waals surface area contributed by atoms with Crippen molar-refractivity contribution >= 4 is 11.6 Å². The zero-order chi connectivity index (χ0) is 56.5. The van der Waals surface area contributed by atoms with E-state index in [4.69, 9.17) is 5.11 Å². The number of aliphatic hydroxyl groups is 3. The smallest absolute Gasteiger partial charge is 0.392 e. The first kappa shape index (κ1) is 66.1. The van der Waals surface area contributed by atoms with Crippen LogP contribution in [-0.4, -0.2) is 39.0 Å². The average molecular weight is 1050 g/mol. The number of unbranched alkanes of at least 4 members (excludes halogenated alkanes) is 3. The van der Waals surface area contributed by atoms with Crippen molar-refractivity contribution in [2.45, 2.75) is 203 Å². The van der Waals surface area contributed by atoms with E-state index >= 15 is 0 Å². The number of carbonyl (C=O) groups is 2. The highest BCUT2D eigenvalue weighted by Crippen LogP contribution is 2.47. The summed E-state index contributed by atoms with van der Waals surface area (Å²) in [6, 6.07) is 36.2. The van der Waals surface area contributed by atoms with Crippen LogP contribution < -0.4 is 0 Å². The second kappa shape index (κ2) is 31.9. The molecule has 0 amide bonds. The van der Waals surface area contributed by atoms with Crippen LogP contribution in [0.4, 0.5) is 22.0 Å². The van der Waals surface area contributed by atoms with Gasteiger partial charge in [-0.1, -0.05) is 217 Å². The molecule has 1 aliphatic rings. The summed E-state index contributed by atoms with van der Waals surface area (Å²) in [7, 11) is 0. The number of benzene rings is 5. The van der Waals surface area contributed by atoms with Crippen molar-refractivity contribution < 1.29 is 46.9 Å². The summed E-state index contributed by atoms with van der Waals surface area (Å²) in [5, 5.41) is 28.3. The number of aliphatic hydroxyl groups excluding tert-OH is 2. The number of aryl methyl sites for hydroxylation is 5. The summed E-state index contributed by atoms with van der Waals surface area (Å²) in [5.41, 5.74) is 6.00. The third-order valence-electron chi connectivity index (χ3n) is 13.6. The Balaban J connectivity index is 0.000000325. The molecule has 2 unspecified atom stereocenters. The molecule has 5 nitrogen and oxygen atoms in total. The van der Waals surface area contributed by atoms with Crippen molar-refractivity contribution in [1.82, 2.24) is 0 Å². The first-order chi connectivity index (χ1) is 35.2. The minimum atomic E-state index is -4.64. The van der Waals surface area contributed by atoms with Gasteiger partial charge >= 0.3 is 6.18 Å². The average Bonchev–Trinajstić information content (AvgIpc) is 3.35. The topological polar surface area (TPSA) is 94.8 Å². The monoisotopic (exact) mass is 1040 g/mol. The fourth-order valence-electron chi connectivity index (χ4n) is 8.57. The number of rotatable bonds is 19. The van der Waals surface area contributed by atoms with Crippen molar-refractivity contribution in [3.05, 3.63) is 177 Å². The summed E-state index contributed by atoms with van der Waals surface area (Å²) < 4.78 is 66.3. The van der Waals surface area contributed by atoms with Gasteiger partial charge in [0.1, 0.15) is 6.10 Å². The minimum Gasteiger partial charge on any atom is -0.392 e. The highest BCUT2D eigenvalue weighted by molar-refractivity contribution is 6.01. The molecule has 0 aromatic heterocycles. The van der Waals surface area contributed by atoms with Gasteiger partial charge < -0.3 is 15.3 Å². The van der Waals surface area contributed by atoms with Gasteiger partial charge in [-0.2, -0.15) is 13.2 Å². The first-order valence-electron chi connectivity index (χ1n) is 27.0. The Labute approximate surface area is 447 Å². The van der Waals surface area contributed by atoms with Crippen molar-refractivity contribution in [3.63, 3.8) is 0 Å². The van der Waals surface area contributed by atoms with Gasteiger partial charge in [-0.3, -0.25) is 9.59 Å². The van der Waals surface area contributed by atoms with Gasteiger partial charge in [0.15, 0.2) is 17.2 Å². The number of Topliss-reactive ketones (excluding diaryl/α,β-unsaturated/α-hetero) is 2. The van der Waals surface area contributed by atoms with Crippen LogP contribution in [0.2, 0.25) is 0 Å². The van der Waals surface area contributed by atoms with E-state index in [9.17, 15) is 41.8 Å². The lowest BCUT2D eigenvalue weighted by molar-refractivity contribution is -0.269. The van der Waals surface area contributed by atoms with Gasteiger partial charge in [-0.15, -0.1) is 0 Å². The van der Waals surface area contributed by atoms with E-state index < -0.39 is 23.8 Å². The predicted molar refractivity (Wildman–Crippen MR) is 299 cm³/mol. The zero-order valence-electron chi connectivity index (χ0n) is 47.0. The minimum absolute atomic E-state index is 0.0114. The number of alkyl halides is 5. The van der Waals surface area contributed by atoms with Gasteiger partial charge in [0.25, 0.3) is 5.92 Å². The normalized spacial score (nSPS) is 14.1. The lowest BCUT2D eigenvalue weighted by Crippen LogP contribution is -2.42. The molecule has 5 aromatic carbocycles. The van der Waals surface area contributed by atoms with Gasteiger partial charge in [0, 0.05) is 29.4 Å². The molecule has 0 aliphatic heterocycles. The molecule has 3 N–H and O–H groups in total. The molecule has 414 valence electrons. The van der Waals surface area contributed by atoms with E-state index in [0.29, 0.717) is 43.3 Å². The second-order valence-corrected chi connectivity index (χ2v) is 21.8. The van der Waals surface area contributed by atoms with E-state index in [1.165, 1.54) is 35.2 Å². The van der Waals surface area contributed by atoms with E-state index in [0.717, 1.165) is 72.8 Å². The highest BCUT2D eigenvalue weighted by Gasteiger charge is 2.54. The molecule has 0 heterocycles. The van der Waals surface area contributed by atoms with Crippen molar-refractivity contribution in [1.29, 1.82) is 0 Å². The van der Waals surface area contributed by atoms with Crippen LogP contribution in [0.1, 0.15) is 209 Å². The molecule has 2 atom stereocenters. The van der Waals surface area contributed by atoms with E-state index in [1.54, 1.807) is 43.3 Å². The number of halogens is 5. The third kappa shape index (κ3) is 23.0. The molecular weight excluding hydrogens is 956 g/mol. The summed E-state index contributed by atoms with van der Waals surface area (Å²) >= 11 is 0. The standard InChI is InChI=1S/C15H20O.C15H22O.C14H19F3O.C13H18F2O.C8H10O/c1-3-8-15(9-5-10-15)14(16)13-7-4-6-12(2)11-13;1-12-7-9-13(10-8-12)14(16)6-5-11-15(2,3)4;1-3-4-5-10-13(18,14(15,16)17)12-8-6-11(2)7-9-12;1-3-4-9-13(14,15)12(16)11-7-5-10(2)6-8-11;1-7-2-4-8(6-9)5-3-7/h4,6-7,11H,3,5,8-10H2,1-2H3;7-10H,5-6,11H2,1-4H3;6-9,18H,3-5,10H2,1-2H3;5-8,12,16H,3-4,9H2,1-2H3;2-5,9H,6H2,1H3. The molecule has 0 radical (unpaired) electrons. The van der Waals surface area contributed by atoms with Crippen LogP contribution >= 0.6 is 0 Å². The third-order valence-corrected chi connectivity index (χ3v) is 13.6. The van der Waals surface area contributed by atoms with Crippen molar-refractivity contribution in [2.24, 2.45) is 10.8 Å². The zero-order valence-corrected chi connectivity index (χ0v) is 47.0. The predicted octanol–water partition coefficient (Wildman–Crippen LogP) is 18.2. The van der Waals surface area contributed by atoms with Crippen LogP contribution in [0.15, 0.2) is 121 Å². The van der Waals surface area contributed by atoms with Crippen molar-refractivity contribution in [2.75, 3.05) is 0 Å². The van der Waals surface area contributed by atoms with Crippen molar-refractivity contribution in [3.8, 4) is 0 Å². The summed E-state index contributed by atoms with van der Waals surface area (Å²) in [4.78, 5) is 24.3. The summed E-state index contributed by atoms with van der Waals surface area (Å²) in [5.74, 6) is -2.39. The van der Waals surface area contributed by atoms with E-state index in [1.807, 2.05) is 114 Å². The molecule has 1 aliphatic carbocycles. The Kier molecular flexibility index (Phi) is 28.1. The maximum atomic E-state index is 13.5. The number of carbonyl (C=O) groups excluding carboxylic acids is 2. The lowest BCUT2D eigenvalue weighted by Gasteiger charge is -2.40. The van der Waals surface area contributed by atoms with Crippen LogP contribution in [0, 0.1) is 45.4 Å². The number of hydrogen-bond acceptors (Lipinski definition) is 5. The molecule has 10 heteroatoms. The van der Waals surface area contributed by atoms with Gasteiger partial charge in [0.2, 0.25) is 0 Å². The molecule has 1 fully saturated rings. The van der Waals surface area contributed by atoms with E-state index in [-0.39, 0.29) is 41.8 Å². The van der Waals surface area contributed by atoms with Crippen LogP contribution in [0.25, 0.3) is 0 Å². The molecule has 5 aromatic rings. The first-order valence-corrected chi connectivity index (χ1v) is 27.0. The molecule has 0 spiro atoms. The summed E-state index contributed by atoms with van der Waals surface area (Å²) in [6.45, 7) is 22.5. The second-order valence-electron chi connectivity index (χ2n) is 21.8. The van der Waals surface area contributed by atoms with Crippen LogP contribution in [-0.2, 0) is 12.2 Å². The van der Waals surface area contributed by atoms with Gasteiger partial charge in [0.05, 0.1) is 6.61 Å². The molecule has 75 heavy (non-hydrogen) atoms. The fourth-order valence-corrected chi connectivity index (χ4v) is 8.57. The maximum Gasteiger partial charge on any atom is 0.421 e. The molecule has 1 saturated carbocycles. The Morgan fingerprint density at radius 1 is 0.587 bits per heavy atom. The Bertz CT molecular complexity index is 2380. The van der Waals surface area contributed by atoms with Gasteiger partial charge in [-0.05, 0) is 114 Å². The maximum absolute atomic E-state index is 13.5. The van der Waals surface area contributed by atoms with Gasteiger partial charge in [-0.25, -0.2) is 8.78 Å². The quantitative estimate of drug-likeness (QED) is 0.0435. The molecular formula is C65H89F5O5. The number of ketones is 2. The Morgan fingerprint density at radius 2 is 1.09 bits per heavy atom. The largest absolute Gasteiger partial charge is 0.421 e. The fraction of sp³-hybridized carbons (Fsp3) is 0.508. The van der Waals surface area contributed by atoms with E-state index in [2.05, 4.69) is 27.7 Å². The van der Waals surface area contributed by atoms with Crippen LogP contribution in [0.3, 0.4) is 0 Å². The highest BCUT2D eigenvalue weighted by atomic mass is 19.4.